The van der Waals surface area contributed by atoms with Crippen LogP contribution in [0.3, 0.4) is 0 Å². The van der Waals surface area contributed by atoms with Crippen LogP contribution in [0.15, 0.2) is 94.9 Å². The molecule has 0 saturated heterocycles. The lowest BCUT2D eigenvalue weighted by atomic mass is 9.84. The normalized spacial score (nSPS) is 17.9. The molecule has 216 valence electrons. The number of amides is 1. The number of nitrogens with one attached hydrogen (secondary N) is 2. The second kappa shape index (κ2) is 15.2. The molecule has 3 aromatic carbocycles. The van der Waals surface area contributed by atoms with Gasteiger partial charge in [0, 0.05) is 47.5 Å². The summed E-state index contributed by atoms with van der Waals surface area (Å²) in [4.78, 5) is 18.6. The Kier molecular flexibility index (Phi) is 11.4. The molecule has 3 aromatic rings. The molecule has 0 aliphatic carbocycles. The maximum Gasteiger partial charge on any atom is 0.266 e. The van der Waals surface area contributed by atoms with E-state index in [-0.39, 0.29) is 24.8 Å². The minimum atomic E-state index is -1.28. The molecule has 0 spiro atoms. The Bertz CT molecular complexity index is 1320. The first-order chi connectivity index (χ1) is 19.9. The number of aliphatic hydroxyl groups is 1. The van der Waals surface area contributed by atoms with Crippen molar-refractivity contribution in [2.45, 2.75) is 30.2 Å². The maximum atomic E-state index is 13.8. The van der Waals surface area contributed by atoms with E-state index in [0.29, 0.717) is 36.8 Å². The predicted octanol–water partition coefficient (Wildman–Crippen LogP) is 5.74. The molecule has 10 heteroatoms. The number of thioether (sulfide) groups is 1. The van der Waals surface area contributed by atoms with Gasteiger partial charge >= 0.3 is 0 Å². The van der Waals surface area contributed by atoms with Gasteiger partial charge in [0.25, 0.3) is 5.91 Å². The van der Waals surface area contributed by atoms with Crippen LogP contribution >= 0.6 is 27.7 Å². The Balaban J connectivity index is 1.47. The van der Waals surface area contributed by atoms with Gasteiger partial charge in [-0.1, -0.05) is 46.3 Å². The van der Waals surface area contributed by atoms with E-state index in [2.05, 4.69) is 33.4 Å². The number of rotatable bonds is 15. The van der Waals surface area contributed by atoms with Gasteiger partial charge in [-0.25, -0.2) is 14.8 Å². The number of nitrogens with zero attached hydrogens (tertiary/aromatic N) is 1. The van der Waals surface area contributed by atoms with Crippen LogP contribution in [0.2, 0.25) is 0 Å². The summed E-state index contributed by atoms with van der Waals surface area (Å²) in [5, 5.41) is 8.98. The molecule has 41 heavy (non-hydrogen) atoms. The quantitative estimate of drug-likeness (QED) is 0.111. The predicted molar refractivity (Wildman–Crippen MR) is 164 cm³/mol. The van der Waals surface area contributed by atoms with Crippen LogP contribution < -0.4 is 15.6 Å². The molecule has 1 amide bonds. The molecule has 4 rings (SSSR count). The van der Waals surface area contributed by atoms with Crippen molar-refractivity contribution < 1.29 is 23.8 Å². The fourth-order valence-corrected chi connectivity index (χ4v) is 5.40. The number of carbonyl (C=O) groups is 1. The minimum absolute atomic E-state index is 0.0668. The van der Waals surface area contributed by atoms with Gasteiger partial charge in [-0.05, 0) is 59.7 Å². The van der Waals surface area contributed by atoms with Gasteiger partial charge in [0.1, 0.15) is 11.6 Å². The third kappa shape index (κ3) is 8.19. The SMILES string of the molecule is C=CC[C@]1(C(=O)NNCCSCc2ccc(F)cc2)N=C(c2ccc(OCCCO)cc2)O[C@H]1c1ccc(Br)cc1. The van der Waals surface area contributed by atoms with Crippen molar-refractivity contribution >= 4 is 39.5 Å². The molecule has 0 saturated carbocycles. The molecular weight excluding hydrogens is 609 g/mol. The van der Waals surface area contributed by atoms with E-state index in [1.807, 2.05) is 48.5 Å². The first-order valence-corrected chi connectivity index (χ1v) is 15.2. The molecule has 2 atom stereocenters. The van der Waals surface area contributed by atoms with Crippen LogP contribution in [0.5, 0.6) is 5.75 Å². The van der Waals surface area contributed by atoms with Crippen molar-refractivity contribution in [1.82, 2.24) is 10.9 Å². The second-order valence-electron chi connectivity index (χ2n) is 9.39. The van der Waals surface area contributed by atoms with Crippen molar-refractivity contribution in [2.24, 2.45) is 4.99 Å². The Morgan fingerprint density at radius 2 is 1.88 bits per heavy atom. The highest BCUT2D eigenvalue weighted by Gasteiger charge is 2.52. The summed E-state index contributed by atoms with van der Waals surface area (Å²) in [5.41, 5.74) is 7.15. The molecule has 0 unspecified atom stereocenters. The molecule has 3 N–H and O–H groups in total. The minimum Gasteiger partial charge on any atom is -0.494 e. The highest BCUT2D eigenvalue weighted by atomic mass is 79.9. The number of halogens is 2. The van der Waals surface area contributed by atoms with Crippen LogP contribution in [0.1, 0.15) is 35.6 Å². The molecule has 1 heterocycles. The number of hydrazine groups is 1. The molecule has 0 bridgehead atoms. The summed E-state index contributed by atoms with van der Waals surface area (Å²) >= 11 is 5.15. The smallest absolute Gasteiger partial charge is 0.266 e. The average molecular weight is 643 g/mol. The van der Waals surface area contributed by atoms with Crippen molar-refractivity contribution in [3.8, 4) is 5.75 Å². The molecule has 1 aliphatic heterocycles. The zero-order valence-corrected chi connectivity index (χ0v) is 24.9. The molecular formula is C31H33BrFN3O4S. The summed E-state index contributed by atoms with van der Waals surface area (Å²) < 4.78 is 26.1. The zero-order chi connectivity index (χ0) is 29.1. The lowest BCUT2D eigenvalue weighted by Gasteiger charge is -2.29. The van der Waals surface area contributed by atoms with E-state index in [1.165, 1.54) is 12.1 Å². The third-order valence-corrected chi connectivity index (χ3v) is 7.97. The Morgan fingerprint density at radius 1 is 1.15 bits per heavy atom. The van der Waals surface area contributed by atoms with Crippen LogP contribution in [0.25, 0.3) is 0 Å². The molecule has 0 radical (unpaired) electrons. The molecule has 0 fully saturated rings. The Morgan fingerprint density at radius 3 is 2.56 bits per heavy atom. The van der Waals surface area contributed by atoms with Gasteiger partial charge < -0.3 is 14.6 Å². The highest BCUT2D eigenvalue weighted by Crippen LogP contribution is 2.43. The summed E-state index contributed by atoms with van der Waals surface area (Å²) in [6, 6.07) is 21.4. The van der Waals surface area contributed by atoms with Gasteiger partial charge in [-0.2, -0.15) is 11.8 Å². The third-order valence-electron chi connectivity index (χ3n) is 6.41. The van der Waals surface area contributed by atoms with E-state index in [9.17, 15) is 9.18 Å². The second-order valence-corrected chi connectivity index (χ2v) is 11.4. The van der Waals surface area contributed by atoms with Crippen LogP contribution in [-0.2, 0) is 15.3 Å². The number of benzene rings is 3. The largest absolute Gasteiger partial charge is 0.494 e. The monoisotopic (exact) mass is 641 g/mol. The first kappa shape index (κ1) is 30.8. The van der Waals surface area contributed by atoms with Gasteiger partial charge in [-0.3, -0.25) is 10.2 Å². The van der Waals surface area contributed by atoms with E-state index < -0.39 is 11.6 Å². The van der Waals surface area contributed by atoms with Crippen molar-refractivity contribution in [1.29, 1.82) is 0 Å². The van der Waals surface area contributed by atoms with Crippen LogP contribution in [0, 0.1) is 5.82 Å². The molecule has 1 aliphatic rings. The van der Waals surface area contributed by atoms with E-state index in [1.54, 1.807) is 30.0 Å². The number of hydrogen-bond acceptors (Lipinski definition) is 7. The lowest BCUT2D eigenvalue weighted by Crippen LogP contribution is -2.52. The van der Waals surface area contributed by atoms with E-state index in [4.69, 9.17) is 19.6 Å². The number of aliphatic hydroxyl groups excluding tert-OH is 1. The number of aliphatic imine (C=N–C) groups is 1. The summed E-state index contributed by atoms with van der Waals surface area (Å²) in [6.45, 7) is 4.91. The van der Waals surface area contributed by atoms with E-state index in [0.717, 1.165) is 27.1 Å². The number of hydrogen-bond donors (Lipinski definition) is 3. The molecule has 7 nitrogen and oxygen atoms in total. The lowest BCUT2D eigenvalue weighted by molar-refractivity contribution is -0.129. The average Bonchev–Trinajstić information content (AvgIpc) is 3.37. The standard InChI is InChI=1S/C31H33BrFN3O4S/c1-2-16-31(30(38)36-34-17-20-41-21-22-4-12-26(33)13-5-22)28(23-6-10-25(32)11-7-23)40-29(35-31)24-8-14-27(15-9-24)39-19-3-18-37/h2,4-15,28,34,37H,1,3,16-21H2,(H,36,38)/t28-,31-/m0/s1. The Hall–Kier alpha value is -3.18. The van der Waals surface area contributed by atoms with Gasteiger partial charge in [-0.15, -0.1) is 6.58 Å². The zero-order valence-electron chi connectivity index (χ0n) is 22.5. The van der Waals surface area contributed by atoms with E-state index >= 15 is 0 Å². The van der Waals surface area contributed by atoms with Crippen molar-refractivity contribution in [3.05, 3.63) is 112 Å². The number of carbonyl (C=O) groups excluding carboxylic acids is 1. The topological polar surface area (TPSA) is 92.2 Å². The Labute approximate surface area is 252 Å². The molecule has 0 aromatic heterocycles. The van der Waals surface area contributed by atoms with Gasteiger partial charge in [0.2, 0.25) is 5.90 Å². The van der Waals surface area contributed by atoms with Crippen LogP contribution in [0.4, 0.5) is 4.39 Å². The summed E-state index contributed by atoms with van der Waals surface area (Å²) in [6.07, 6.45) is 1.80. The maximum absolute atomic E-state index is 13.8. The van der Waals surface area contributed by atoms with Crippen molar-refractivity contribution in [2.75, 3.05) is 25.5 Å². The highest BCUT2D eigenvalue weighted by molar-refractivity contribution is 9.10. The summed E-state index contributed by atoms with van der Waals surface area (Å²) in [5.74, 6) is 1.93. The summed E-state index contributed by atoms with van der Waals surface area (Å²) in [7, 11) is 0. The fourth-order valence-electron chi connectivity index (χ4n) is 4.32. The van der Waals surface area contributed by atoms with Crippen molar-refractivity contribution in [3.63, 3.8) is 0 Å². The van der Waals surface area contributed by atoms with Crippen LogP contribution in [-0.4, -0.2) is 48.0 Å². The first-order valence-electron chi connectivity index (χ1n) is 13.3. The fraction of sp³-hybridized carbons (Fsp3) is 0.290. The van der Waals surface area contributed by atoms with Gasteiger partial charge in [0.15, 0.2) is 11.6 Å². The number of ether oxygens (including phenoxy) is 2. The van der Waals surface area contributed by atoms with Gasteiger partial charge in [0.05, 0.1) is 6.61 Å².